The number of aryl methyl sites for hydroxylation is 2. The highest BCUT2D eigenvalue weighted by Crippen LogP contribution is 2.64. The van der Waals surface area contributed by atoms with Gasteiger partial charge in [0.2, 0.25) is 5.91 Å². The third kappa shape index (κ3) is 2.50. The first-order valence-electron chi connectivity index (χ1n) is 9.02. The number of hydrogen-bond acceptors (Lipinski definition) is 1. The molecule has 4 saturated carbocycles. The van der Waals surface area contributed by atoms with Crippen LogP contribution in [0, 0.1) is 24.2 Å². The smallest absolute Gasteiger partial charge is 0.230 e. The summed E-state index contributed by atoms with van der Waals surface area (Å²) >= 11 is 6.88. The SMILES string of the molecule is CCc1cccc(C)c1NC(=O)C12CC3CC(CC(Cl)(C3)C1)C2. The van der Waals surface area contributed by atoms with Gasteiger partial charge in [-0.2, -0.15) is 0 Å². The van der Waals surface area contributed by atoms with E-state index in [0.29, 0.717) is 11.8 Å². The van der Waals surface area contributed by atoms with Crippen molar-refractivity contribution < 1.29 is 4.79 Å². The second-order valence-corrected chi connectivity index (χ2v) is 9.11. The van der Waals surface area contributed by atoms with Gasteiger partial charge in [-0.3, -0.25) is 4.79 Å². The first-order valence-corrected chi connectivity index (χ1v) is 9.40. The molecule has 5 rings (SSSR count). The normalized spacial score (nSPS) is 37.9. The Labute approximate surface area is 144 Å². The van der Waals surface area contributed by atoms with Gasteiger partial charge in [0, 0.05) is 10.6 Å². The molecule has 0 saturated heterocycles. The lowest BCUT2D eigenvalue weighted by atomic mass is 9.49. The molecule has 1 aromatic carbocycles. The van der Waals surface area contributed by atoms with Gasteiger partial charge in [-0.05, 0) is 74.8 Å². The minimum absolute atomic E-state index is 0.110. The van der Waals surface area contributed by atoms with Crippen LogP contribution in [0.1, 0.15) is 56.6 Å². The summed E-state index contributed by atoms with van der Waals surface area (Å²) in [7, 11) is 0. The van der Waals surface area contributed by atoms with E-state index in [1.54, 1.807) is 0 Å². The molecular formula is C20H26ClNO. The number of halogens is 1. The summed E-state index contributed by atoms with van der Waals surface area (Å²) in [6.45, 7) is 4.22. The number of rotatable bonds is 3. The fourth-order valence-electron chi connectivity index (χ4n) is 5.86. The summed E-state index contributed by atoms with van der Waals surface area (Å²) in [6, 6.07) is 6.27. The number of benzene rings is 1. The number of hydrogen-bond donors (Lipinski definition) is 1. The van der Waals surface area contributed by atoms with Crippen molar-refractivity contribution in [2.24, 2.45) is 17.3 Å². The van der Waals surface area contributed by atoms with Crippen molar-refractivity contribution in [2.45, 2.75) is 63.7 Å². The van der Waals surface area contributed by atoms with E-state index in [0.717, 1.165) is 49.8 Å². The van der Waals surface area contributed by atoms with E-state index in [9.17, 15) is 4.79 Å². The van der Waals surface area contributed by atoms with Crippen molar-refractivity contribution >= 4 is 23.2 Å². The van der Waals surface area contributed by atoms with E-state index >= 15 is 0 Å². The lowest BCUT2D eigenvalue weighted by Gasteiger charge is -2.59. The second kappa shape index (κ2) is 5.24. The summed E-state index contributed by atoms with van der Waals surface area (Å²) in [6.07, 6.45) is 7.40. The Hall–Kier alpha value is -1.02. The van der Waals surface area contributed by atoms with Crippen molar-refractivity contribution in [2.75, 3.05) is 5.32 Å². The predicted octanol–water partition coefficient (Wildman–Crippen LogP) is 5.07. The van der Waals surface area contributed by atoms with Gasteiger partial charge in [-0.1, -0.05) is 25.1 Å². The van der Waals surface area contributed by atoms with Crippen LogP contribution in [0.4, 0.5) is 5.69 Å². The standard InChI is InChI=1S/C20H26ClNO/c1-3-16-6-4-5-13(2)17(16)22-18(23)19-8-14-7-15(9-19)11-20(21,10-14)12-19/h4-6,14-15H,3,7-12H2,1-2H3,(H,22,23). The van der Waals surface area contributed by atoms with Crippen LogP contribution in [-0.4, -0.2) is 10.8 Å². The topological polar surface area (TPSA) is 29.1 Å². The molecule has 1 amide bonds. The Morgan fingerprint density at radius 1 is 1.26 bits per heavy atom. The second-order valence-electron chi connectivity index (χ2n) is 8.31. The molecule has 0 radical (unpaired) electrons. The van der Waals surface area contributed by atoms with Crippen LogP contribution < -0.4 is 5.32 Å². The molecular weight excluding hydrogens is 306 g/mol. The minimum Gasteiger partial charge on any atom is -0.325 e. The van der Waals surface area contributed by atoms with Crippen molar-refractivity contribution in [1.29, 1.82) is 0 Å². The third-order valence-electron chi connectivity index (χ3n) is 6.45. The fourth-order valence-corrected chi connectivity index (χ4v) is 6.56. The van der Waals surface area contributed by atoms with Crippen LogP contribution in [0.5, 0.6) is 0 Å². The number of carbonyl (C=O) groups excluding carboxylic acids is 1. The van der Waals surface area contributed by atoms with Gasteiger partial charge in [0.15, 0.2) is 0 Å². The maximum absolute atomic E-state index is 13.3. The monoisotopic (exact) mass is 331 g/mol. The highest BCUT2D eigenvalue weighted by molar-refractivity contribution is 6.24. The largest absolute Gasteiger partial charge is 0.325 e. The number of nitrogens with one attached hydrogen (secondary N) is 1. The summed E-state index contributed by atoms with van der Waals surface area (Å²) in [5.74, 6) is 1.53. The molecule has 0 aromatic heterocycles. The first kappa shape index (κ1) is 15.5. The van der Waals surface area contributed by atoms with Crippen molar-refractivity contribution in [1.82, 2.24) is 0 Å². The average molecular weight is 332 g/mol. The summed E-state index contributed by atoms with van der Waals surface area (Å²) in [4.78, 5) is 13.1. The zero-order chi connectivity index (χ0) is 16.2. The fraction of sp³-hybridized carbons (Fsp3) is 0.650. The molecule has 124 valence electrons. The molecule has 2 atom stereocenters. The van der Waals surface area contributed by atoms with Gasteiger partial charge >= 0.3 is 0 Å². The van der Waals surface area contributed by atoms with E-state index in [-0.39, 0.29) is 16.2 Å². The number of para-hydroxylation sites is 1. The van der Waals surface area contributed by atoms with Crippen LogP contribution in [0.3, 0.4) is 0 Å². The van der Waals surface area contributed by atoms with Gasteiger partial charge in [-0.15, -0.1) is 11.6 Å². The van der Waals surface area contributed by atoms with Crippen LogP contribution in [0.2, 0.25) is 0 Å². The average Bonchev–Trinajstić information content (AvgIpc) is 2.46. The number of alkyl halides is 1. The molecule has 23 heavy (non-hydrogen) atoms. The Morgan fingerprint density at radius 3 is 2.57 bits per heavy atom. The molecule has 4 bridgehead atoms. The van der Waals surface area contributed by atoms with Gasteiger partial charge in [0.25, 0.3) is 0 Å². The van der Waals surface area contributed by atoms with Crippen molar-refractivity contribution in [3.05, 3.63) is 29.3 Å². The van der Waals surface area contributed by atoms with Crippen LogP contribution in [0.15, 0.2) is 18.2 Å². The van der Waals surface area contributed by atoms with Crippen molar-refractivity contribution in [3.63, 3.8) is 0 Å². The summed E-state index contributed by atoms with van der Waals surface area (Å²) < 4.78 is 0. The maximum atomic E-state index is 13.3. The molecule has 4 fully saturated rings. The van der Waals surface area contributed by atoms with E-state index < -0.39 is 0 Å². The maximum Gasteiger partial charge on any atom is 0.230 e. The van der Waals surface area contributed by atoms with Crippen molar-refractivity contribution in [3.8, 4) is 0 Å². The Morgan fingerprint density at radius 2 is 1.96 bits per heavy atom. The van der Waals surface area contributed by atoms with Crippen LogP contribution in [0.25, 0.3) is 0 Å². The van der Waals surface area contributed by atoms with Crippen LogP contribution >= 0.6 is 11.6 Å². The molecule has 3 heteroatoms. The molecule has 0 heterocycles. The zero-order valence-corrected chi connectivity index (χ0v) is 14.9. The molecule has 1 N–H and O–H groups in total. The molecule has 1 aromatic rings. The lowest BCUT2D eigenvalue weighted by molar-refractivity contribution is -0.138. The summed E-state index contributed by atoms with van der Waals surface area (Å²) in [5.41, 5.74) is 3.19. The number of carbonyl (C=O) groups is 1. The van der Waals surface area contributed by atoms with E-state index in [1.165, 1.54) is 12.0 Å². The van der Waals surface area contributed by atoms with Gasteiger partial charge in [-0.25, -0.2) is 0 Å². The zero-order valence-electron chi connectivity index (χ0n) is 14.1. The quantitative estimate of drug-likeness (QED) is 0.769. The Kier molecular flexibility index (Phi) is 3.53. The molecule has 0 spiro atoms. The summed E-state index contributed by atoms with van der Waals surface area (Å²) in [5, 5.41) is 3.31. The highest BCUT2D eigenvalue weighted by Gasteiger charge is 2.60. The Bertz CT molecular complexity index is 639. The minimum atomic E-state index is -0.223. The molecule has 4 aliphatic rings. The van der Waals surface area contributed by atoms with Gasteiger partial charge < -0.3 is 5.32 Å². The third-order valence-corrected chi connectivity index (χ3v) is 6.89. The van der Waals surface area contributed by atoms with Gasteiger partial charge in [0.05, 0.1) is 5.41 Å². The molecule has 2 unspecified atom stereocenters. The highest BCUT2D eigenvalue weighted by atomic mass is 35.5. The predicted molar refractivity (Wildman–Crippen MR) is 94.9 cm³/mol. The van der Waals surface area contributed by atoms with E-state index in [1.807, 2.05) is 0 Å². The molecule has 2 nitrogen and oxygen atoms in total. The Balaban J connectivity index is 1.63. The van der Waals surface area contributed by atoms with Crippen LogP contribution in [-0.2, 0) is 11.2 Å². The number of amides is 1. The number of anilines is 1. The molecule has 4 aliphatic carbocycles. The van der Waals surface area contributed by atoms with Gasteiger partial charge in [0.1, 0.15) is 0 Å². The first-order chi connectivity index (χ1) is 10.9. The molecule has 0 aliphatic heterocycles. The lowest BCUT2D eigenvalue weighted by Crippen LogP contribution is -2.57. The van der Waals surface area contributed by atoms with E-state index in [4.69, 9.17) is 11.6 Å². The van der Waals surface area contributed by atoms with E-state index in [2.05, 4.69) is 37.4 Å².